The lowest BCUT2D eigenvalue weighted by molar-refractivity contribution is -0.141. The highest BCUT2D eigenvalue weighted by molar-refractivity contribution is 7.89. The Morgan fingerprint density at radius 2 is 1.42 bits per heavy atom. The second-order valence-electron chi connectivity index (χ2n) is 10.3. The first-order valence-corrected chi connectivity index (χ1v) is 15.7. The first-order chi connectivity index (χ1) is 20.7. The molecule has 43 heavy (non-hydrogen) atoms. The van der Waals surface area contributed by atoms with Gasteiger partial charge >= 0.3 is 0 Å². The normalized spacial score (nSPS) is 12.0. The second-order valence-corrected chi connectivity index (χ2v) is 12.1. The maximum Gasteiger partial charge on any atom is 0.247 e. The van der Waals surface area contributed by atoms with Gasteiger partial charge in [0.15, 0.2) is 0 Å². The minimum atomic E-state index is -3.59. The SMILES string of the molecule is CCNS(=O)(=O)c1ccc(CCC(=O)N(Cc2ccc(F)cc2)[C@H](C(=O)NCc2ccc(C)cc2)c2ccccc2)cc1. The monoisotopic (exact) mass is 601 g/mol. The molecule has 0 saturated heterocycles. The molecule has 2 N–H and O–H groups in total. The first kappa shape index (κ1) is 31.6. The number of amides is 2. The van der Waals surface area contributed by atoms with E-state index in [1.807, 2.05) is 61.5 Å². The van der Waals surface area contributed by atoms with E-state index in [1.165, 1.54) is 29.2 Å². The molecule has 0 aliphatic rings. The third kappa shape index (κ3) is 8.83. The van der Waals surface area contributed by atoms with Crippen LogP contribution in [0.2, 0.25) is 0 Å². The standard InChI is InChI=1S/C34H36FN3O4S/c1-3-37-43(41,42)31-20-15-26(16-21-31)17-22-32(39)38(24-28-13-18-30(35)19-14-28)33(29-7-5-4-6-8-29)34(40)36-23-27-11-9-25(2)10-12-27/h4-16,18-21,33,37H,3,17,22-24H2,1-2H3,(H,36,40)/t33-/m0/s1. The summed E-state index contributed by atoms with van der Waals surface area (Å²) in [6.45, 7) is 4.37. The molecule has 2 amide bonds. The van der Waals surface area contributed by atoms with Crippen LogP contribution in [0.15, 0.2) is 108 Å². The van der Waals surface area contributed by atoms with Gasteiger partial charge in [0.25, 0.3) is 0 Å². The number of rotatable bonds is 13. The zero-order valence-corrected chi connectivity index (χ0v) is 25.1. The molecule has 4 rings (SSSR count). The maximum absolute atomic E-state index is 13.9. The summed E-state index contributed by atoms with van der Waals surface area (Å²) < 4.78 is 40.7. The van der Waals surface area contributed by atoms with Gasteiger partial charge in [0.05, 0.1) is 4.90 Å². The van der Waals surface area contributed by atoms with Crippen molar-refractivity contribution in [2.75, 3.05) is 6.54 Å². The van der Waals surface area contributed by atoms with Crippen molar-refractivity contribution in [3.05, 3.63) is 137 Å². The topological polar surface area (TPSA) is 95.6 Å². The van der Waals surface area contributed by atoms with Gasteiger partial charge in [-0.2, -0.15) is 0 Å². The van der Waals surface area contributed by atoms with Crippen LogP contribution < -0.4 is 10.0 Å². The van der Waals surface area contributed by atoms with E-state index >= 15 is 0 Å². The number of hydrogen-bond acceptors (Lipinski definition) is 4. The van der Waals surface area contributed by atoms with Gasteiger partial charge in [-0.15, -0.1) is 0 Å². The highest BCUT2D eigenvalue weighted by atomic mass is 32.2. The fourth-order valence-electron chi connectivity index (χ4n) is 4.71. The molecule has 0 saturated carbocycles. The molecule has 0 radical (unpaired) electrons. The largest absolute Gasteiger partial charge is 0.350 e. The van der Waals surface area contributed by atoms with E-state index in [-0.39, 0.29) is 36.2 Å². The van der Waals surface area contributed by atoms with Gasteiger partial charge in [-0.3, -0.25) is 9.59 Å². The quantitative estimate of drug-likeness (QED) is 0.213. The van der Waals surface area contributed by atoms with Crippen molar-refractivity contribution >= 4 is 21.8 Å². The van der Waals surface area contributed by atoms with Crippen LogP contribution in [0.5, 0.6) is 0 Å². The molecule has 0 aliphatic heterocycles. The molecule has 1 atom stereocenters. The number of sulfonamides is 1. The highest BCUT2D eigenvalue weighted by Gasteiger charge is 2.31. The predicted octanol–water partition coefficient (Wildman–Crippen LogP) is 5.45. The number of hydrogen-bond donors (Lipinski definition) is 2. The molecule has 0 heterocycles. The van der Waals surface area contributed by atoms with Crippen LogP contribution in [0, 0.1) is 12.7 Å². The van der Waals surface area contributed by atoms with Crippen molar-refractivity contribution in [3.63, 3.8) is 0 Å². The molecule has 9 heteroatoms. The lowest BCUT2D eigenvalue weighted by Gasteiger charge is -2.32. The Balaban J connectivity index is 1.59. The summed E-state index contributed by atoms with van der Waals surface area (Å²) in [4.78, 5) is 29.4. The summed E-state index contributed by atoms with van der Waals surface area (Å²) in [6, 6.07) is 28.3. The minimum Gasteiger partial charge on any atom is -0.350 e. The molecule has 0 bridgehead atoms. The zero-order chi connectivity index (χ0) is 30.8. The van der Waals surface area contributed by atoms with Crippen molar-refractivity contribution in [2.24, 2.45) is 0 Å². The van der Waals surface area contributed by atoms with E-state index in [1.54, 1.807) is 31.2 Å². The van der Waals surface area contributed by atoms with Gasteiger partial charge in [-0.05, 0) is 59.9 Å². The number of carbonyl (C=O) groups excluding carboxylic acids is 2. The Kier molecular flexibility index (Phi) is 10.8. The Morgan fingerprint density at radius 1 is 0.814 bits per heavy atom. The van der Waals surface area contributed by atoms with Crippen molar-refractivity contribution in [3.8, 4) is 0 Å². The summed E-state index contributed by atoms with van der Waals surface area (Å²) in [5.41, 5.74) is 4.16. The number of benzene rings is 4. The third-order valence-electron chi connectivity index (χ3n) is 7.04. The van der Waals surface area contributed by atoms with Crippen molar-refractivity contribution in [1.82, 2.24) is 14.9 Å². The predicted molar refractivity (Wildman–Crippen MR) is 165 cm³/mol. The number of halogens is 1. The molecule has 0 spiro atoms. The number of nitrogens with one attached hydrogen (secondary N) is 2. The molecule has 0 unspecified atom stereocenters. The van der Waals surface area contributed by atoms with E-state index in [0.29, 0.717) is 24.1 Å². The molecular weight excluding hydrogens is 565 g/mol. The Morgan fingerprint density at radius 3 is 2.05 bits per heavy atom. The lowest BCUT2D eigenvalue weighted by atomic mass is 10.0. The number of carbonyl (C=O) groups is 2. The molecule has 0 aliphatic carbocycles. The molecule has 4 aromatic carbocycles. The van der Waals surface area contributed by atoms with Crippen molar-refractivity contribution in [2.45, 2.75) is 50.7 Å². The minimum absolute atomic E-state index is 0.0784. The first-order valence-electron chi connectivity index (χ1n) is 14.2. The van der Waals surface area contributed by atoms with Gasteiger partial charge < -0.3 is 10.2 Å². The van der Waals surface area contributed by atoms with Gasteiger partial charge in [0, 0.05) is 26.1 Å². The summed E-state index contributed by atoms with van der Waals surface area (Å²) in [5, 5.41) is 3.00. The van der Waals surface area contributed by atoms with Crippen LogP contribution in [0.25, 0.3) is 0 Å². The van der Waals surface area contributed by atoms with Crippen LogP contribution in [0.1, 0.15) is 47.2 Å². The molecule has 224 valence electrons. The van der Waals surface area contributed by atoms with E-state index in [9.17, 15) is 22.4 Å². The molecule has 0 aromatic heterocycles. The van der Waals surface area contributed by atoms with E-state index in [4.69, 9.17) is 0 Å². The molecular formula is C34H36FN3O4S. The van der Waals surface area contributed by atoms with Crippen LogP contribution in [0.3, 0.4) is 0 Å². The van der Waals surface area contributed by atoms with Gasteiger partial charge in [0.2, 0.25) is 21.8 Å². The molecule has 7 nitrogen and oxygen atoms in total. The van der Waals surface area contributed by atoms with Gasteiger partial charge in [0.1, 0.15) is 11.9 Å². The average molecular weight is 602 g/mol. The summed E-state index contributed by atoms with van der Waals surface area (Å²) >= 11 is 0. The molecule has 0 fully saturated rings. The zero-order valence-electron chi connectivity index (χ0n) is 24.3. The van der Waals surface area contributed by atoms with Crippen LogP contribution >= 0.6 is 0 Å². The second kappa shape index (κ2) is 14.7. The van der Waals surface area contributed by atoms with E-state index in [2.05, 4.69) is 10.0 Å². The number of aryl methyl sites for hydroxylation is 2. The Bertz CT molecular complexity index is 1610. The summed E-state index contributed by atoms with van der Waals surface area (Å²) in [7, 11) is -3.59. The third-order valence-corrected chi connectivity index (χ3v) is 8.61. The van der Waals surface area contributed by atoms with Crippen LogP contribution in [-0.4, -0.2) is 31.7 Å². The van der Waals surface area contributed by atoms with E-state index < -0.39 is 21.9 Å². The fourth-order valence-corrected chi connectivity index (χ4v) is 5.75. The fraction of sp³-hybridized carbons (Fsp3) is 0.235. The summed E-state index contributed by atoms with van der Waals surface area (Å²) in [6.07, 6.45) is 0.419. The van der Waals surface area contributed by atoms with Crippen LogP contribution in [0.4, 0.5) is 4.39 Å². The lowest BCUT2D eigenvalue weighted by Crippen LogP contribution is -2.43. The Hall–Kier alpha value is -4.34. The average Bonchev–Trinajstić information content (AvgIpc) is 3.01. The smallest absolute Gasteiger partial charge is 0.247 e. The van der Waals surface area contributed by atoms with Gasteiger partial charge in [-0.1, -0.05) is 91.3 Å². The van der Waals surface area contributed by atoms with Crippen LogP contribution in [-0.2, 0) is 39.1 Å². The Labute approximate surface area is 252 Å². The van der Waals surface area contributed by atoms with Gasteiger partial charge in [-0.25, -0.2) is 17.5 Å². The summed E-state index contributed by atoms with van der Waals surface area (Å²) in [5.74, 6) is -0.995. The van der Waals surface area contributed by atoms with E-state index in [0.717, 1.165) is 16.7 Å². The van der Waals surface area contributed by atoms with Crippen molar-refractivity contribution in [1.29, 1.82) is 0 Å². The number of nitrogens with zero attached hydrogens (tertiary/aromatic N) is 1. The molecule has 4 aromatic rings. The maximum atomic E-state index is 13.9. The van der Waals surface area contributed by atoms with Crippen molar-refractivity contribution < 1.29 is 22.4 Å². The highest BCUT2D eigenvalue weighted by Crippen LogP contribution is 2.26.